The third-order valence-corrected chi connectivity index (χ3v) is 6.65. The molecule has 0 bridgehead atoms. The number of halogens is 3. The number of nitrogens with one attached hydrogen (secondary N) is 1. The molecule has 0 saturated carbocycles. The van der Waals surface area contributed by atoms with Gasteiger partial charge >= 0.3 is 5.97 Å². The largest absolute Gasteiger partial charge is 0.478 e. The fourth-order valence-corrected chi connectivity index (χ4v) is 4.27. The van der Waals surface area contributed by atoms with E-state index in [4.69, 9.17) is 34.8 Å². The van der Waals surface area contributed by atoms with Crippen LogP contribution in [-0.4, -0.2) is 16.3 Å². The Bertz CT molecular complexity index is 1080. The Balaban J connectivity index is 0.000000305. The second kappa shape index (κ2) is 11.4. The van der Waals surface area contributed by atoms with Gasteiger partial charge in [-0.05, 0) is 55.2 Å². The molecular weight excluding hydrogens is 485 g/mol. The van der Waals surface area contributed by atoms with Crippen molar-refractivity contribution in [2.24, 2.45) is 0 Å². The number of carbonyl (C=O) groups is 1. The molecular formula is C25H24Cl3NO2S. The molecule has 0 aromatic heterocycles. The van der Waals surface area contributed by atoms with Gasteiger partial charge in [-0.2, -0.15) is 12.6 Å². The van der Waals surface area contributed by atoms with Gasteiger partial charge in [0.2, 0.25) is 0 Å². The van der Waals surface area contributed by atoms with Crippen LogP contribution in [0.1, 0.15) is 43.0 Å². The summed E-state index contributed by atoms with van der Waals surface area (Å²) in [6.45, 7) is 2.11. The maximum Gasteiger partial charge on any atom is 0.333 e. The lowest BCUT2D eigenvalue weighted by Gasteiger charge is -2.31. The third-order valence-electron chi connectivity index (χ3n) is 5.29. The lowest BCUT2D eigenvalue weighted by atomic mass is 9.89. The molecule has 2 N–H and O–H groups in total. The Morgan fingerprint density at radius 2 is 1.81 bits per heavy atom. The molecule has 4 rings (SSSR count). The maximum absolute atomic E-state index is 11.6. The summed E-state index contributed by atoms with van der Waals surface area (Å²) in [7, 11) is 0. The number of hydrogen-bond acceptors (Lipinski definition) is 3. The fraction of sp³-hybridized carbons (Fsp3) is 0.240. The molecule has 1 aliphatic heterocycles. The van der Waals surface area contributed by atoms with E-state index in [2.05, 4.69) is 43.1 Å². The first kappa shape index (κ1) is 24.9. The minimum absolute atomic E-state index is 0.0631. The molecule has 3 atom stereocenters. The maximum atomic E-state index is 11.6. The minimum atomic E-state index is -0.944. The van der Waals surface area contributed by atoms with Gasteiger partial charge in [0.15, 0.2) is 0 Å². The second-order valence-electron chi connectivity index (χ2n) is 7.69. The van der Waals surface area contributed by atoms with Crippen LogP contribution in [0.3, 0.4) is 0 Å². The van der Waals surface area contributed by atoms with Crippen molar-refractivity contribution in [2.75, 3.05) is 0 Å². The number of rotatable bonds is 3. The third kappa shape index (κ3) is 6.66. The molecule has 168 valence electrons. The number of carboxylic acids is 1. The van der Waals surface area contributed by atoms with E-state index in [-0.39, 0.29) is 6.04 Å². The Hall–Kier alpha value is -1.69. The van der Waals surface area contributed by atoms with E-state index < -0.39 is 12.0 Å². The van der Waals surface area contributed by atoms with E-state index in [1.54, 1.807) is 30.3 Å². The molecule has 1 heterocycles. The van der Waals surface area contributed by atoms with Crippen molar-refractivity contribution in [1.29, 1.82) is 0 Å². The van der Waals surface area contributed by atoms with Gasteiger partial charge in [0, 0.05) is 16.3 Å². The molecule has 0 saturated heterocycles. The number of thiol groups is 1. The number of hydrogen-bond donors (Lipinski definition) is 3. The highest BCUT2D eigenvalue weighted by atomic mass is 35.5. The van der Waals surface area contributed by atoms with Crippen molar-refractivity contribution in [2.45, 2.75) is 37.1 Å². The Labute approximate surface area is 209 Å². The number of carboxylic acid groups (broad SMARTS) is 1. The summed E-state index contributed by atoms with van der Waals surface area (Å²) in [5.74, 6) is -0.944. The molecule has 0 radical (unpaired) electrons. The Morgan fingerprint density at radius 1 is 1.03 bits per heavy atom. The van der Waals surface area contributed by atoms with E-state index in [1.807, 2.05) is 18.2 Å². The van der Waals surface area contributed by atoms with Gasteiger partial charge in [0.1, 0.15) is 0 Å². The topological polar surface area (TPSA) is 49.3 Å². The molecule has 2 aromatic rings. The molecule has 32 heavy (non-hydrogen) atoms. The first-order chi connectivity index (χ1) is 15.2. The first-order valence-electron chi connectivity index (χ1n) is 10.2. The van der Waals surface area contributed by atoms with Crippen LogP contribution >= 0.6 is 47.4 Å². The van der Waals surface area contributed by atoms with Crippen LogP contribution in [0.5, 0.6) is 0 Å². The minimum Gasteiger partial charge on any atom is -0.478 e. The van der Waals surface area contributed by atoms with Gasteiger partial charge in [-0.25, -0.2) is 4.79 Å². The van der Waals surface area contributed by atoms with E-state index in [1.165, 1.54) is 5.57 Å². The zero-order valence-corrected chi connectivity index (χ0v) is 20.6. The lowest BCUT2D eigenvalue weighted by Crippen LogP contribution is -2.33. The van der Waals surface area contributed by atoms with Crippen molar-refractivity contribution in [3.63, 3.8) is 0 Å². The molecule has 3 nitrogen and oxygen atoms in total. The smallest absolute Gasteiger partial charge is 0.333 e. The van der Waals surface area contributed by atoms with Crippen LogP contribution in [0.4, 0.5) is 0 Å². The summed E-state index contributed by atoms with van der Waals surface area (Å²) in [6.07, 6.45) is 9.83. The van der Waals surface area contributed by atoms with Crippen molar-refractivity contribution in [1.82, 2.24) is 5.32 Å². The quantitative estimate of drug-likeness (QED) is 0.374. The standard InChI is InChI=1S/C18H14Cl3NO2.C7H10S/c19-12-3-1-2-11(8-12)17-13(18(23)24)5-7-16(22-17)10-4-6-14(20)15(21)9-10;1-6-2-4-7(8)5-3-6/h1-6,8-9,16-17,22H,7H2,(H,23,24);2-4,7-8H,5H2,1H3. The molecule has 3 unspecified atom stereocenters. The van der Waals surface area contributed by atoms with Gasteiger partial charge in [-0.15, -0.1) is 0 Å². The summed E-state index contributed by atoms with van der Waals surface area (Å²) in [5, 5.41) is 14.9. The predicted molar refractivity (Wildman–Crippen MR) is 137 cm³/mol. The van der Waals surface area contributed by atoms with Crippen molar-refractivity contribution in [3.8, 4) is 0 Å². The van der Waals surface area contributed by atoms with E-state index in [9.17, 15) is 9.90 Å². The summed E-state index contributed by atoms with van der Waals surface area (Å²) in [4.78, 5) is 11.6. The first-order valence-corrected chi connectivity index (χ1v) is 11.8. The molecule has 7 heteroatoms. The lowest BCUT2D eigenvalue weighted by molar-refractivity contribution is -0.133. The normalized spacial score (nSPS) is 22.3. The molecule has 1 aliphatic carbocycles. The van der Waals surface area contributed by atoms with Gasteiger partial charge in [-0.1, -0.05) is 82.9 Å². The van der Waals surface area contributed by atoms with Crippen LogP contribution in [-0.2, 0) is 4.79 Å². The van der Waals surface area contributed by atoms with Gasteiger partial charge in [0.25, 0.3) is 0 Å². The van der Waals surface area contributed by atoms with Crippen LogP contribution in [0.15, 0.2) is 77.9 Å². The SMILES string of the molecule is CC1=CCC(S)C=C1.O=C(O)C1=CCC(c2ccc(Cl)c(Cl)c2)NC1c1cccc(Cl)c1. The monoisotopic (exact) mass is 507 g/mol. The van der Waals surface area contributed by atoms with E-state index in [0.29, 0.717) is 32.3 Å². The van der Waals surface area contributed by atoms with Gasteiger partial charge in [-0.3, -0.25) is 5.32 Å². The summed E-state index contributed by atoms with van der Waals surface area (Å²) < 4.78 is 0. The van der Waals surface area contributed by atoms with Gasteiger partial charge < -0.3 is 5.11 Å². The summed E-state index contributed by atoms with van der Waals surface area (Å²) in [5.41, 5.74) is 3.43. The highest BCUT2D eigenvalue weighted by molar-refractivity contribution is 7.81. The van der Waals surface area contributed by atoms with Crippen molar-refractivity contribution in [3.05, 3.63) is 104 Å². The van der Waals surface area contributed by atoms with Crippen LogP contribution in [0.2, 0.25) is 15.1 Å². The van der Waals surface area contributed by atoms with E-state index in [0.717, 1.165) is 17.5 Å². The van der Waals surface area contributed by atoms with Crippen LogP contribution < -0.4 is 5.32 Å². The molecule has 0 amide bonds. The fourth-order valence-electron chi connectivity index (χ4n) is 3.57. The molecule has 0 spiro atoms. The van der Waals surface area contributed by atoms with Crippen LogP contribution in [0, 0.1) is 0 Å². The highest BCUT2D eigenvalue weighted by Gasteiger charge is 2.29. The molecule has 2 aromatic carbocycles. The predicted octanol–water partition coefficient (Wildman–Crippen LogP) is 7.62. The van der Waals surface area contributed by atoms with Crippen LogP contribution in [0.25, 0.3) is 0 Å². The Kier molecular flexibility index (Phi) is 8.92. The summed E-state index contributed by atoms with van der Waals surface area (Å²) in [6, 6.07) is 12.1. The molecule has 0 fully saturated rings. The highest BCUT2D eigenvalue weighted by Crippen LogP contribution is 2.35. The zero-order valence-electron chi connectivity index (χ0n) is 17.4. The number of benzene rings is 2. The van der Waals surface area contributed by atoms with Gasteiger partial charge in [0.05, 0.1) is 21.7 Å². The average Bonchev–Trinajstić information content (AvgIpc) is 2.77. The average molecular weight is 509 g/mol. The number of allylic oxidation sites excluding steroid dienone is 3. The summed E-state index contributed by atoms with van der Waals surface area (Å²) >= 11 is 22.4. The zero-order chi connectivity index (χ0) is 23.3. The van der Waals surface area contributed by atoms with Crippen molar-refractivity contribution >= 4 is 53.4 Å². The Morgan fingerprint density at radius 3 is 2.41 bits per heavy atom. The number of aliphatic carboxylic acids is 1. The van der Waals surface area contributed by atoms with Crippen molar-refractivity contribution < 1.29 is 9.90 Å². The molecule has 2 aliphatic rings. The van der Waals surface area contributed by atoms with E-state index >= 15 is 0 Å². The second-order valence-corrected chi connectivity index (χ2v) is 9.61.